The minimum Gasteiger partial charge on any atom is -0.268 e. The van der Waals surface area contributed by atoms with E-state index in [1.807, 2.05) is 13.0 Å². The van der Waals surface area contributed by atoms with Crippen molar-refractivity contribution >= 4 is 34.1 Å². The minimum absolute atomic E-state index is 0.350. The molecular formula is C18H15Cl2F3N2. The highest BCUT2D eigenvalue weighted by Crippen LogP contribution is 2.36. The number of alkyl halides is 3. The molecule has 0 amide bonds. The number of fused-ring (bicyclic) bond motifs is 1. The molecule has 2 aromatic carbocycles. The Balaban J connectivity index is 2.18. The summed E-state index contributed by atoms with van der Waals surface area (Å²) in [6.07, 6.45) is -4.05. The summed E-state index contributed by atoms with van der Waals surface area (Å²) in [6, 6.07) is 5.86. The van der Waals surface area contributed by atoms with E-state index >= 15 is 0 Å². The molecule has 132 valence electrons. The molecule has 0 atom stereocenters. The summed E-state index contributed by atoms with van der Waals surface area (Å²) in [7, 11) is 1.63. The van der Waals surface area contributed by atoms with E-state index in [1.165, 1.54) is 4.68 Å². The molecule has 0 saturated heterocycles. The van der Waals surface area contributed by atoms with Crippen molar-refractivity contribution in [3.05, 3.63) is 62.3 Å². The molecule has 3 rings (SSSR count). The van der Waals surface area contributed by atoms with Crippen LogP contribution in [-0.2, 0) is 19.6 Å². The first kappa shape index (κ1) is 18.1. The molecule has 1 aromatic heterocycles. The highest BCUT2D eigenvalue weighted by atomic mass is 35.5. The number of rotatable bonds is 2. The van der Waals surface area contributed by atoms with Gasteiger partial charge in [0.2, 0.25) is 0 Å². The van der Waals surface area contributed by atoms with Crippen LogP contribution < -0.4 is 0 Å². The molecule has 3 aromatic rings. The number of benzene rings is 2. The summed E-state index contributed by atoms with van der Waals surface area (Å²) < 4.78 is 40.7. The zero-order valence-corrected chi connectivity index (χ0v) is 15.3. The van der Waals surface area contributed by atoms with Gasteiger partial charge in [0, 0.05) is 28.9 Å². The highest BCUT2D eigenvalue weighted by Gasteiger charge is 2.32. The van der Waals surface area contributed by atoms with Gasteiger partial charge in [0.1, 0.15) is 0 Å². The Hall–Kier alpha value is -1.72. The minimum atomic E-state index is -4.40. The van der Waals surface area contributed by atoms with Crippen molar-refractivity contribution in [3.63, 3.8) is 0 Å². The first-order valence-electron chi connectivity index (χ1n) is 7.56. The van der Waals surface area contributed by atoms with Crippen LogP contribution in [-0.4, -0.2) is 9.78 Å². The highest BCUT2D eigenvalue weighted by molar-refractivity contribution is 6.36. The number of aryl methyl sites for hydroxylation is 3. The second kappa shape index (κ2) is 6.22. The van der Waals surface area contributed by atoms with E-state index in [9.17, 15) is 13.2 Å². The maximum absolute atomic E-state index is 13.1. The molecule has 0 aliphatic carbocycles. The van der Waals surface area contributed by atoms with Crippen LogP contribution in [0.1, 0.15) is 27.9 Å². The van der Waals surface area contributed by atoms with E-state index in [4.69, 9.17) is 23.2 Å². The zero-order valence-electron chi connectivity index (χ0n) is 13.8. The Morgan fingerprint density at radius 1 is 1.08 bits per heavy atom. The van der Waals surface area contributed by atoms with Crippen LogP contribution in [0.2, 0.25) is 10.0 Å². The number of hydrogen-bond donors (Lipinski definition) is 0. The lowest BCUT2D eigenvalue weighted by atomic mass is 10.00. The lowest BCUT2D eigenvalue weighted by Crippen LogP contribution is -2.05. The maximum Gasteiger partial charge on any atom is 0.416 e. The van der Waals surface area contributed by atoms with Gasteiger partial charge in [-0.2, -0.15) is 18.3 Å². The van der Waals surface area contributed by atoms with E-state index in [2.05, 4.69) is 5.10 Å². The molecule has 0 bridgehead atoms. The Labute approximate surface area is 153 Å². The van der Waals surface area contributed by atoms with Crippen molar-refractivity contribution in [3.8, 4) is 0 Å². The molecule has 0 aliphatic rings. The van der Waals surface area contributed by atoms with Crippen molar-refractivity contribution in [2.75, 3.05) is 0 Å². The Kier molecular flexibility index (Phi) is 4.50. The third-order valence-electron chi connectivity index (χ3n) is 4.27. The van der Waals surface area contributed by atoms with Crippen LogP contribution in [0.3, 0.4) is 0 Å². The second-order valence-electron chi connectivity index (χ2n) is 6.09. The van der Waals surface area contributed by atoms with Gasteiger partial charge in [0.25, 0.3) is 0 Å². The van der Waals surface area contributed by atoms with Gasteiger partial charge in [0.05, 0.1) is 16.8 Å². The summed E-state index contributed by atoms with van der Waals surface area (Å²) in [5.41, 5.74) is 2.53. The van der Waals surface area contributed by atoms with Gasteiger partial charge in [0.15, 0.2) is 0 Å². The first-order valence-corrected chi connectivity index (χ1v) is 8.32. The molecule has 0 saturated carbocycles. The van der Waals surface area contributed by atoms with E-state index in [1.54, 1.807) is 20.0 Å². The SMILES string of the molecule is Cc1ccc(Cl)c(Cc2nn(C)c3cc(C(F)(F)F)cc(C)c23)c1Cl. The summed E-state index contributed by atoms with van der Waals surface area (Å²) in [5, 5.41) is 6.18. The number of hydrogen-bond acceptors (Lipinski definition) is 1. The zero-order chi connectivity index (χ0) is 18.5. The Bertz CT molecular complexity index is 975. The standard InChI is InChI=1S/C18H15Cl2F3N2/c1-9-4-5-13(19)12(17(9)20)8-14-16-10(2)6-11(18(21,22)23)7-15(16)25(3)24-14/h4-7H,8H2,1-3H3. The van der Waals surface area contributed by atoms with Gasteiger partial charge in [-0.3, -0.25) is 4.68 Å². The average Bonchev–Trinajstić information content (AvgIpc) is 2.83. The van der Waals surface area contributed by atoms with Crippen LogP contribution in [0.4, 0.5) is 13.2 Å². The molecule has 25 heavy (non-hydrogen) atoms. The molecule has 0 spiro atoms. The summed E-state index contributed by atoms with van der Waals surface area (Å²) in [4.78, 5) is 0. The van der Waals surface area contributed by atoms with Crippen molar-refractivity contribution in [1.82, 2.24) is 9.78 Å². The monoisotopic (exact) mass is 386 g/mol. The molecule has 0 N–H and O–H groups in total. The molecule has 1 heterocycles. The van der Waals surface area contributed by atoms with Crippen molar-refractivity contribution in [2.45, 2.75) is 26.4 Å². The largest absolute Gasteiger partial charge is 0.416 e. The van der Waals surface area contributed by atoms with Crippen molar-refractivity contribution in [2.24, 2.45) is 7.05 Å². The lowest BCUT2D eigenvalue weighted by Gasteiger charge is -2.10. The summed E-state index contributed by atoms with van der Waals surface area (Å²) in [6.45, 7) is 3.53. The first-order chi connectivity index (χ1) is 11.6. The smallest absolute Gasteiger partial charge is 0.268 e. The lowest BCUT2D eigenvalue weighted by molar-refractivity contribution is -0.137. The van der Waals surface area contributed by atoms with Gasteiger partial charge >= 0.3 is 6.18 Å². The third-order valence-corrected chi connectivity index (χ3v) is 5.15. The van der Waals surface area contributed by atoms with Crippen molar-refractivity contribution < 1.29 is 13.2 Å². The molecule has 2 nitrogen and oxygen atoms in total. The molecule has 0 radical (unpaired) electrons. The van der Waals surface area contributed by atoms with Crippen LogP contribution in [0, 0.1) is 13.8 Å². The molecule has 0 aliphatic heterocycles. The topological polar surface area (TPSA) is 17.8 Å². The molecule has 0 fully saturated rings. The fourth-order valence-electron chi connectivity index (χ4n) is 3.02. The quantitative estimate of drug-likeness (QED) is 0.519. The predicted molar refractivity (Wildman–Crippen MR) is 94.5 cm³/mol. The van der Waals surface area contributed by atoms with Gasteiger partial charge in [-0.15, -0.1) is 0 Å². The third kappa shape index (κ3) is 3.23. The summed E-state index contributed by atoms with van der Waals surface area (Å²) >= 11 is 12.6. The maximum atomic E-state index is 13.1. The second-order valence-corrected chi connectivity index (χ2v) is 6.87. The fraction of sp³-hybridized carbons (Fsp3) is 0.278. The molecular weight excluding hydrogens is 372 g/mol. The van der Waals surface area contributed by atoms with E-state index in [0.717, 1.165) is 23.3 Å². The Morgan fingerprint density at radius 2 is 1.76 bits per heavy atom. The Morgan fingerprint density at radius 3 is 2.40 bits per heavy atom. The van der Waals surface area contributed by atoms with E-state index in [-0.39, 0.29) is 0 Å². The predicted octanol–water partition coefficient (Wildman–Crippen LogP) is 6.11. The number of aromatic nitrogens is 2. The van der Waals surface area contributed by atoms with Gasteiger partial charge in [-0.1, -0.05) is 29.3 Å². The average molecular weight is 387 g/mol. The van der Waals surface area contributed by atoms with Crippen LogP contribution >= 0.6 is 23.2 Å². The summed E-state index contributed by atoms with van der Waals surface area (Å²) in [5.74, 6) is 0. The van der Waals surface area contributed by atoms with E-state index < -0.39 is 11.7 Å². The van der Waals surface area contributed by atoms with E-state index in [0.29, 0.717) is 38.6 Å². The number of nitrogens with zero attached hydrogens (tertiary/aromatic N) is 2. The van der Waals surface area contributed by atoms with Gasteiger partial charge in [-0.25, -0.2) is 0 Å². The van der Waals surface area contributed by atoms with Gasteiger partial charge < -0.3 is 0 Å². The fourth-order valence-corrected chi connectivity index (χ4v) is 3.52. The van der Waals surface area contributed by atoms with Crippen LogP contribution in [0.25, 0.3) is 10.9 Å². The number of halogens is 5. The van der Waals surface area contributed by atoms with Gasteiger partial charge in [-0.05, 0) is 48.7 Å². The normalized spacial score (nSPS) is 12.2. The van der Waals surface area contributed by atoms with Crippen molar-refractivity contribution in [1.29, 1.82) is 0 Å². The molecule has 0 unspecified atom stereocenters. The van der Waals surface area contributed by atoms with Crippen LogP contribution in [0.5, 0.6) is 0 Å². The van der Waals surface area contributed by atoms with Crippen LogP contribution in [0.15, 0.2) is 24.3 Å². The molecule has 7 heteroatoms.